The number of thioether (sulfide) groups is 1. The Bertz CT molecular complexity index is 706. The van der Waals surface area contributed by atoms with Gasteiger partial charge in [0.25, 0.3) is 0 Å². The van der Waals surface area contributed by atoms with E-state index in [0.29, 0.717) is 5.92 Å². The zero-order chi connectivity index (χ0) is 17.1. The maximum Gasteiger partial charge on any atom is 0.237 e. The quantitative estimate of drug-likeness (QED) is 0.775. The Morgan fingerprint density at radius 3 is 2.58 bits per heavy atom. The van der Waals surface area contributed by atoms with Crippen molar-refractivity contribution in [1.29, 1.82) is 0 Å². The molecule has 0 bridgehead atoms. The van der Waals surface area contributed by atoms with Crippen LogP contribution in [0.5, 0.6) is 0 Å². The molecule has 1 atom stereocenters. The van der Waals surface area contributed by atoms with Crippen LogP contribution in [-0.4, -0.2) is 25.9 Å². The Hall–Kier alpha value is -1.82. The molecule has 3 rings (SSSR count). The number of hydrogen-bond donors (Lipinski definition) is 1. The van der Waals surface area contributed by atoms with E-state index in [1.54, 1.807) is 0 Å². The van der Waals surface area contributed by atoms with Crippen LogP contribution in [0.15, 0.2) is 29.4 Å². The average molecular weight is 344 g/mol. The summed E-state index contributed by atoms with van der Waals surface area (Å²) in [6, 6.07) is 7.99. The van der Waals surface area contributed by atoms with Crippen LogP contribution in [0.2, 0.25) is 0 Å². The number of aryl methyl sites for hydroxylation is 1. The van der Waals surface area contributed by atoms with Crippen molar-refractivity contribution in [2.45, 2.75) is 62.9 Å². The first-order chi connectivity index (χ1) is 11.6. The summed E-state index contributed by atoms with van der Waals surface area (Å²) in [4.78, 5) is 12.4. The topological polar surface area (TPSA) is 59.8 Å². The fourth-order valence-electron chi connectivity index (χ4n) is 2.61. The Morgan fingerprint density at radius 2 is 2.00 bits per heavy atom. The maximum absolute atomic E-state index is 12.4. The van der Waals surface area contributed by atoms with Gasteiger partial charge in [0.2, 0.25) is 5.91 Å². The first kappa shape index (κ1) is 17.0. The van der Waals surface area contributed by atoms with Crippen LogP contribution in [0.4, 0.5) is 5.69 Å². The van der Waals surface area contributed by atoms with Gasteiger partial charge in [-0.1, -0.05) is 30.8 Å². The van der Waals surface area contributed by atoms with Crippen LogP contribution < -0.4 is 5.32 Å². The number of carbonyl (C=O) groups excluding carboxylic acids is 1. The number of nitrogens with one attached hydrogen (secondary N) is 1. The predicted octanol–water partition coefficient (Wildman–Crippen LogP) is 3.86. The number of nitrogens with zero attached hydrogens (tertiary/aromatic N) is 3. The number of rotatable bonds is 7. The molecule has 128 valence electrons. The van der Waals surface area contributed by atoms with Crippen molar-refractivity contribution in [2.24, 2.45) is 0 Å². The molecule has 5 nitrogen and oxygen atoms in total. The third-order valence-electron chi connectivity index (χ3n) is 4.29. The van der Waals surface area contributed by atoms with Gasteiger partial charge < -0.3 is 9.88 Å². The lowest BCUT2D eigenvalue weighted by Gasteiger charge is -2.13. The van der Waals surface area contributed by atoms with Crippen molar-refractivity contribution >= 4 is 23.4 Å². The highest BCUT2D eigenvalue weighted by atomic mass is 32.2. The molecule has 0 spiro atoms. The predicted molar refractivity (Wildman–Crippen MR) is 97.4 cm³/mol. The van der Waals surface area contributed by atoms with Crippen molar-refractivity contribution < 1.29 is 4.79 Å². The Labute approximate surface area is 147 Å². The van der Waals surface area contributed by atoms with Gasteiger partial charge in [-0.3, -0.25) is 4.79 Å². The van der Waals surface area contributed by atoms with Gasteiger partial charge in [-0.2, -0.15) is 0 Å². The third kappa shape index (κ3) is 3.80. The lowest BCUT2D eigenvalue weighted by Crippen LogP contribution is -2.23. The zero-order valence-corrected chi connectivity index (χ0v) is 15.3. The van der Waals surface area contributed by atoms with E-state index in [2.05, 4.69) is 33.9 Å². The largest absolute Gasteiger partial charge is 0.325 e. The van der Waals surface area contributed by atoms with Crippen LogP contribution in [0.1, 0.15) is 50.9 Å². The smallest absolute Gasteiger partial charge is 0.237 e. The summed E-state index contributed by atoms with van der Waals surface area (Å²) in [5.74, 6) is 1.62. The number of carbonyl (C=O) groups is 1. The van der Waals surface area contributed by atoms with Crippen LogP contribution in [-0.2, 0) is 17.8 Å². The molecule has 0 saturated heterocycles. The van der Waals surface area contributed by atoms with Gasteiger partial charge in [-0.15, -0.1) is 10.2 Å². The molecule has 0 aliphatic heterocycles. The first-order valence-electron chi connectivity index (χ1n) is 8.61. The standard InChI is InChI=1S/C18H24N4OS/c1-4-13-6-10-15(11-7-13)19-17(23)12(3)24-18-21-20-16(14-8-9-14)22(18)5-2/h6-7,10-12,14H,4-5,8-9H2,1-3H3,(H,19,23). The fourth-order valence-corrected chi connectivity index (χ4v) is 3.53. The second-order valence-corrected chi connectivity index (χ2v) is 7.47. The number of anilines is 1. The minimum absolute atomic E-state index is 0.0112. The van der Waals surface area contributed by atoms with Crippen LogP contribution >= 0.6 is 11.8 Å². The van der Waals surface area contributed by atoms with E-state index in [4.69, 9.17) is 0 Å². The summed E-state index contributed by atoms with van der Waals surface area (Å²) in [7, 11) is 0. The van der Waals surface area contributed by atoms with Crippen LogP contribution in [0.3, 0.4) is 0 Å². The summed E-state index contributed by atoms with van der Waals surface area (Å²) < 4.78 is 2.14. The van der Waals surface area contributed by atoms with E-state index >= 15 is 0 Å². The minimum Gasteiger partial charge on any atom is -0.325 e. The molecule has 1 aliphatic rings. The summed E-state index contributed by atoms with van der Waals surface area (Å²) in [5.41, 5.74) is 2.10. The normalized spacial score (nSPS) is 15.3. The summed E-state index contributed by atoms with van der Waals surface area (Å²) >= 11 is 1.47. The molecule has 1 heterocycles. The monoisotopic (exact) mass is 344 g/mol. The highest BCUT2D eigenvalue weighted by Crippen LogP contribution is 2.40. The molecule has 1 unspecified atom stereocenters. The molecule has 1 fully saturated rings. The van der Waals surface area contributed by atoms with Crippen molar-refractivity contribution in [3.8, 4) is 0 Å². The van der Waals surface area contributed by atoms with Crippen molar-refractivity contribution in [1.82, 2.24) is 14.8 Å². The second-order valence-electron chi connectivity index (χ2n) is 6.16. The van der Waals surface area contributed by atoms with Crippen LogP contribution in [0, 0.1) is 0 Å². The summed E-state index contributed by atoms with van der Waals surface area (Å²) in [6.07, 6.45) is 3.40. The number of amides is 1. The zero-order valence-electron chi connectivity index (χ0n) is 14.5. The molecule has 1 aromatic carbocycles. The van der Waals surface area contributed by atoms with Gasteiger partial charge in [0, 0.05) is 18.2 Å². The molecule has 6 heteroatoms. The van der Waals surface area contributed by atoms with Gasteiger partial charge in [-0.05, 0) is 50.8 Å². The lowest BCUT2D eigenvalue weighted by atomic mass is 10.1. The van der Waals surface area contributed by atoms with Crippen molar-refractivity contribution in [3.05, 3.63) is 35.7 Å². The van der Waals surface area contributed by atoms with Gasteiger partial charge in [-0.25, -0.2) is 0 Å². The Kier molecular flexibility index (Phi) is 5.23. The average Bonchev–Trinajstić information content (AvgIpc) is 3.36. The van der Waals surface area contributed by atoms with Gasteiger partial charge in [0.05, 0.1) is 5.25 Å². The molecule has 0 radical (unpaired) electrons. The first-order valence-corrected chi connectivity index (χ1v) is 9.49. The van der Waals surface area contributed by atoms with E-state index in [1.165, 1.54) is 30.2 Å². The second kappa shape index (κ2) is 7.38. The molecule has 1 saturated carbocycles. The molecule has 1 amide bonds. The highest BCUT2D eigenvalue weighted by molar-refractivity contribution is 8.00. The number of benzene rings is 1. The van der Waals surface area contributed by atoms with E-state index in [1.807, 2.05) is 31.2 Å². The molecule has 1 N–H and O–H groups in total. The third-order valence-corrected chi connectivity index (χ3v) is 5.37. The Balaban J connectivity index is 1.63. The highest BCUT2D eigenvalue weighted by Gasteiger charge is 2.30. The summed E-state index contributed by atoms with van der Waals surface area (Å²) in [6.45, 7) is 6.96. The van der Waals surface area contributed by atoms with Gasteiger partial charge in [0.1, 0.15) is 5.82 Å². The van der Waals surface area contributed by atoms with E-state index in [0.717, 1.165) is 29.6 Å². The SMILES string of the molecule is CCc1ccc(NC(=O)C(C)Sc2nnc(C3CC3)n2CC)cc1. The summed E-state index contributed by atoms with van der Waals surface area (Å²) in [5, 5.41) is 12.2. The van der Waals surface area contributed by atoms with E-state index < -0.39 is 0 Å². The van der Waals surface area contributed by atoms with E-state index in [-0.39, 0.29) is 11.2 Å². The molecule has 2 aromatic rings. The number of hydrogen-bond acceptors (Lipinski definition) is 4. The molecular weight excluding hydrogens is 320 g/mol. The van der Waals surface area contributed by atoms with E-state index in [9.17, 15) is 4.79 Å². The van der Waals surface area contributed by atoms with Crippen LogP contribution in [0.25, 0.3) is 0 Å². The molecule has 24 heavy (non-hydrogen) atoms. The lowest BCUT2D eigenvalue weighted by molar-refractivity contribution is -0.115. The molecular formula is C18H24N4OS. The fraction of sp³-hybridized carbons (Fsp3) is 0.500. The van der Waals surface area contributed by atoms with Crippen molar-refractivity contribution in [2.75, 3.05) is 5.32 Å². The van der Waals surface area contributed by atoms with Gasteiger partial charge in [0.15, 0.2) is 5.16 Å². The molecule has 1 aliphatic carbocycles. The maximum atomic E-state index is 12.4. The Morgan fingerprint density at radius 1 is 1.29 bits per heavy atom. The number of aromatic nitrogens is 3. The minimum atomic E-state index is -0.225. The van der Waals surface area contributed by atoms with Crippen molar-refractivity contribution in [3.63, 3.8) is 0 Å². The molecule has 1 aromatic heterocycles. The van der Waals surface area contributed by atoms with Gasteiger partial charge >= 0.3 is 0 Å².